The van der Waals surface area contributed by atoms with Crippen LogP contribution in [0, 0.1) is 13.8 Å². The number of hydrogen-bond donors (Lipinski definition) is 1. The molecule has 1 aromatic heterocycles. The zero-order chi connectivity index (χ0) is 14.7. The molecule has 0 bridgehead atoms. The first-order valence-corrected chi connectivity index (χ1v) is 7.38. The van der Waals surface area contributed by atoms with Crippen LogP contribution in [0.2, 0.25) is 5.02 Å². The molecule has 1 heterocycles. The quantitative estimate of drug-likeness (QED) is 0.882. The fourth-order valence-corrected chi connectivity index (χ4v) is 2.59. The third-order valence-electron chi connectivity index (χ3n) is 2.78. The van der Waals surface area contributed by atoms with Crippen LogP contribution in [0.15, 0.2) is 23.4 Å². The number of rotatable bonds is 4. The van der Waals surface area contributed by atoms with E-state index in [2.05, 4.69) is 15.5 Å². The summed E-state index contributed by atoms with van der Waals surface area (Å²) in [4.78, 5) is 11.9. The molecule has 0 fully saturated rings. The Bertz CT molecular complexity index is 641. The molecule has 0 aliphatic carbocycles. The molecule has 2 rings (SSSR count). The molecule has 0 unspecified atom stereocenters. The number of carbonyl (C=O) groups excluding carboxylic acids is 1. The Morgan fingerprint density at radius 2 is 2.15 bits per heavy atom. The second kappa shape index (κ2) is 6.28. The molecule has 20 heavy (non-hydrogen) atoms. The van der Waals surface area contributed by atoms with Crippen molar-refractivity contribution in [3.63, 3.8) is 0 Å². The van der Waals surface area contributed by atoms with Crippen LogP contribution in [-0.2, 0) is 11.8 Å². The molecule has 2 aromatic rings. The van der Waals surface area contributed by atoms with Gasteiger partial charge in [0.05, 0.1) is 16.5 Å². The average Bonchev–Trinajstić information content (AvgIpc) is 2.71. The first kappa shape index (κ1) is 14.9. The molecule has 1 N–H and O–H groups in total. The van der Waals surface area contributed by atoms with Crippen molar-refractivity contribution in [1.29, 1.82) is 0 Å². The van der Waals surface area contributed by atoms with Gasteiger partial charge < -0.3 is 9.88 Å². The third kappa shape index (κ3) is 3.52. The molecule has 0 atom stereocenters. The summed E-state index contributed by atoms with van der Waals surface area (Å²) in [5.74, 6) is 0.951. The van der Waals surface area contributed by atoms with E-state index in [1.54, 1.807) is 6.07 Å². The van der Waals surface area contributed by atoms with Crippen LogP contribution in [-0.4, -0.2) is 26.4 Å². The number of thioether (sulfide) groups is 1. The van der Waals surface area contributed by atoms with Crippen LogP contribution < -0.4 is 5.32 Å². The summed E-state index contributed by atoms with van der Waals surface area (Å²) < 4.78 is 1.84. The van der Waals surface area contributed by atoms with Crippen molar-refractivity contribution in [2.24, 2.45) is 7.05 Å². The summed E-state index contributed by atoms with van der Waals surface area (Å²) in [7, 11) is 1.87. The van der Waals surface area contributed by atoms with Crippen molar-refractivity contribution in [3.8, 4) is 0 Å². The monoisotopic (exact) mass is 310 g/mol. The highest BCUT2D eigenvalue weighted by Gasteiger charge is 2.10. The van der Waals surface area contributed by atoms with Crippen molar-refractivity contribution in [1.82, 2.24) is 14.8 Å². The summed E-state index contributed by atoms with van der Waals surface area (Å²) in [6, 6.07) is 5.52. The number of aryl methyl sites for hydroxylation is 2. The lowest BCUT2D eigenvalue weighted by atomic mass is 10.2. The van der Waals surface area contributed by atoms with Gasteiger partial charge in [0, 0.05) is 7.05 Å². The molecular weight excluding hydrogens is 296 g/mol. The summed E-state index contributed by atoms with van der Waals surface area (Å²) in [6.07, 6.45) is 0. The number of halogens is 1. The van der Waals surface area contributed by atoms with Gasteiger partial charge >= 0.3 is 0 Å². The zero-order valence-electron chi connectivity index (χ0n) is 11.5. The maximum absolute atomic E-state index is 11.9. The Labute approximate surface area is 126 Å². The van der Waals surface area contributed by atoms with Gasteiger partial charge in [0.25, 0.3) is 0 Å². The van der Waals surface area contributed by atoms with E-state index in [9.17, 15) is 4.79 Å². The molecule has 7 heteroatoms. The van der Waals surface area contributed by atoms with Crippen molar-refractivity contribution in [3.05, 3.63) is 34.6 Å². The van der Waals surface area contributed by atoms with E-state index >= 15 is 0 Å². The van der Waals surface area contributed by atoms with Crippen LogP contribution in [0.1, 0.15) is 11.4 Å². The molecule has 0 aliphatic rings. The number of benzene rings is 1. The van der Waals surface area contributed by atoms with Crippen LogP contribution in [0.25, 0.3) is 0 Å². The number of nitrogens with one attached hydrogen (secondary N) is 1. The lowest BCUT2D eigenvalue weighted by Crippen LogP contribution is -2.14. The van der Waals surface area contributed by atoms with Gasteiger partial charge in [0.2, 0.25) is 5.91 Å². The Morgan fingerprint density at radius 3 is 2.75 bits per heavy atom. The predicted octanol–water partition coefficient (Wildman–Crippen LogP) is 2.82. The summed E-state index contributed by atoms with van der Waals surface area (Å²) in [6.45, 7) is 3.81. The number of nitrogens with zero attached hydrogens (tertiary/aromatic N) is 3. The number of anilines is 1. The lowest BCUT2D eigenvalue weighted by Gasteiger charge is -2.07. The minimum Gasteiger partial charge on any atom is -0.324 e. The van der Waals surface area contributed by atoms with Crippen molar-refractivity contribution >= 4 is 35.0 Å². The zero-order valence-corrected chi connectivity index (χ0v) is 13.0. The van der Waals surface area contributed by atoms with E-state index in [0.717, 1.165) is 11.4 Å². The van der Waals surface area contributed by atoms with E-state index in [-0.39, 0.29) is 11.7 Å². The van der Waals surface area contributed by atoms with Gasteiger partial charge in [-0.2, -0.15) is 0 Å². The number of aromatic nitrogens is 3. The SMILES string of the molecule is Cc1ccc(NC(=O)CSc2nnc(C)n2C)c(Cl)c1. The van der Waals surface area contributed by atoms with Crippen LogP contribution in [0.4, 0.5) is 5.69 Å². The standard InChI is InChI=1S/C13H15ClN4OS/c1-8-4-5-11(10(14)6-8)15-12(19)7-20-13-17-16-9(2)18(13)3/h4-6H,7H2,1-3H3,(H,15,19). The largest absolute Gasteiger partial charge is 0.324 e. The maximum Gasteiger partial charge on any atom is 0.234 e. The molecule has 0 saturated heterocycles. The molecule has 0 radical (unpaired) electrons. The van der Waals surface area contributed by atoms with E-state index in [1.807, 2.05) is 37.6 Å². The van der Waals surface area contributed by atoms with Crippen LogP contribution >= 0.6 is 23.4 Å². The molecule has 0 spiro atoms. The fourth-order valence-electron chi connectivity index (χ4n) is 1.55. The average molecular weight is 311 g/mol. The number of amides is 1. The normalized spacial score (nSPS) is 10.6. The summed E-state index contributed by atoms with van der Waals surface area (Å²) >= 11 is 7.41. The van der Waals surface area contributed by atoms with Crippen LogP contribution in [0.5, 0.6) is 0 Å². The van der Waals surface area contributed by atoms with E-state index < -0.39 is 0 Å². The Balaban J connectivity index is 1.94. The Morgan fingerprint density at radius 1 is 1.40 bits per heavy atom. The highest BCUT2D eigenvalue weighted by molar-refractivity contribution is 7.99. The summed E-state index contributed by atoms with van der Waals surface area (Å²) in [5.41, 5.74) is 1.67. The maximum atomic E-state index is 11.9. The van der Waals surface area contributed by atoms with Gasteiger partial charge in [-0.15, -0.1) is 10.2 Å². The van der Waals surface area contributed by atoms with Gasteiger partial charge in [-0.1, -0.05) is 29.4 Å². The van der Waals surface area contributed by atoms with Crippen molar-refractivity contribution < 1.29 is 4.79 Å². The molecule has 106 valence electrons. The molecule has 1 aromatic carbocycles. The summed E-state index contributed by atoms with van der Waals surface area (Å²) in [5, 5.41) is 12.0. The highest BCUT2D eigenvalue weighted by Crippen LogP contribution is 2.23. The van der Waals surface area contributed by atoms with E-state index in [1.165, 1.54) is 11.8 Å². The lowest BCUT2D eigenvalue weighted by molar-refractivity contribution is -0.113. The van der Waals surface area contributed by atoms with Crippen molar-refractivity contribution in [2.45, 2.75) is 19.0 Å². The molecule has 0 saturated carbocycles. The fraction of sp³-hybridized carbons (Fsp3) is 0.308. The second-order valence-corrected chi connectivity index (χ2v) is 5.76. The first-order valence-electron chi connectivity index (χ1n) is 6.02. The molecule has 5 nitrogen and oxygen atoms in total. The van der Waals surface area contributed by atoms with Gasteiger partial charge in [-0.3, -0.25) is 4.79 Å². The predicted molar refractivity (Wildman–Crippen MR) is 81.3 cm³/mol. The van der Waals surface area contributed by atoms with E-state index in [4.69, 9.17) is 11.6 Å². The van der Waals surface area contributed by atoms with Gasteiger partial charge in [0.15, 0.2) is 5.16 Å². The van der Waals surface area contributed by atoms with Gasteiger partial charge in [-0.25, -0.2) is 0 Å². The van der Waals surface area contributed by atoms with Crippen LogP contribution in [0.3, 0.4) is 0 Å². The molecular formula is C13H15ClN4OS. The minimum absolute atomic E-state index is 0.124. The number of hydrogen-bond acceptors (Lipinski definition) is 4. The smallest absolute Gasteiger partial charge is 0.234 e. The van der Waals surface area contributed by atoms with Gasteiger partial charge in [-0.05, 0) is 31.5 Å². The van der Waals surface area contributed by atoms with Crippen molar-refractivity contribution in [2.75, 3.05) is 11.1 Å². The molecule has 0 aliphatic heterocycles. The van der Waals surface area contributed by atoms with E-state index in [0.29, 0.717) is 15.9 Å². The van der Waals surface area contributed by atoms with Gasteiger partial charge in [0.1, 0.15) is 5.82 Å². The first-order chi connectivity index (χ1) is 9.47. The Hall–Kier alpha value is -1.53. The third-order valence-corrected chi connectivity index (χ3v) is 4.12. The second-order valence-electron chi connectivity index (χ2n) is 4.41. The number of carbonyl (C=O) groups is 1. The topological polar surface area (TPSA) is 59.8 Å². The Kier molecular flexibility index (Phi) is 4.67. The highest BCUT2D eigenvalue weighted by atomic mass is 35.5. The molecule has 1 amide bonds. The minimum atomic E-state index is -0.124.